The van der Waals surface area contributed by atoms with Crippen LogP contribution >= 0.6 is 35.3 Å². The minimum atomic E-state index is 0. The van der Waals surface area contributed by atoms with Crippen LogP contribution in [0.15, 0.2) is 40.7 Å². The summed E-state index contributed by atoms with van der Waals surface area (Å²) < 4.78 is 0. The van der Waals surface area contributed by atoms with Crippen LogP contribution in [0, 0.1) is 0 Å². The lowest BCUT2D eigenvalue weighted by atomic mass is 10.2. The number of unbranched alkanes of at least 4 members (excludes halogenated alkanes) is 1. The number of guanidine groups is 1. The lowest BCUT2D eigenvalue weighted by molar-refractivity contribution is 0.464. The second kappa shape index (κ2) is 10.6. The molecule has 0 fully saturated rings. The Kier molecular flexibility index (Phi) is 9.16. The summed E-state index contributed by atoms with van der Waals surface area (Å²) in [6, 6.07) is 10.3. The first-order chi connectivity index (χ1) is 10.7. The molecule has 1 N–H and O–H groups in total. The van der Waals surface area contributed by atoms with Crippen LogP contribution in [-0.2, 0) is 6.54 Å². The SMILES string of the molecule is CCCCN(C)C(=NC)NCc1csc(-c2ccccc2)n1.I. The molecular formula is C17H25IN4S. The van der Waals surface area contributed by atoms with Gasteiger partial charge in [-0.3, -0.25) is 4.99 Å². The van der Waals surface area contributed by atoms with E-state index >= 15 is 0 Å². The molecule has 0 aliphatic carbocycles. The Bertz CT molecular complexity index is 598. The molecule has 6 heteroatoms. The van der Waals surface area contributed by atoms with Crippen LogP contribution in [0.5, 0.6) is 0 Å². The number of halogens is 1. The van der Waals surface area contributed by atoms with E-state index in [1.165, 1.54) is 18.4 Å². The Morgan fingerprint density at radius 2 is 2.04 bits per heavy atom. The first kappa shape index (κ1) is 19.9. The van der Waals surface area contributed by atoms with E-state index in [0.29, 0.717) is 6.54 Å². The van der Waals surface area contributed by atoms with Crippen molar-refractivity contribution >= 4 is 41.3 Å². The van der Waals surface area contributed by atoms with Gasteiger partial charge in [0.1, 0.15) is 5.01 Å². The number of aliphatic imine (C=N–C) groups is 1. The monoisotopic (exact) mass is 444 g/mol. The summed E-state index contributed by atoms with van der Waals surface area (Å²) in [6.07, 6.45) is 2.36. The van der Waals surface area contributed by atoms with Crippen LogP contribution in [0.3, 0.4) is 0 Å². The summed E-state index contributed by atoms with van der Waals surface area (Å²) in [7, 11) is 3.89. The highest BCUT2D eigenvalue weighted by Crippen LogP contribution is 2.23. The van der Waals surface area contributed by atoms with Crippen LogP contribution in [0.1, 0.15) is 25.5 Å². The van der Waals surface area contributed by atoms with Crippen molar-refractivity contribution in [3.8, 4) is 10.6 Å². The summed E-state index contributed by atoms with van der Waals surface area (Å²) in [5.74, 6) is 0.919. The van der Waals surface area contributed by atoms with Gasteiger partial charge in [-0.05, 0) is 6.42 Å². The van der Waals surface area contributed by atoms with Gasteiger partial charge in [-0.15, -0.1) is 35.3 Å². The number of nitrogens with one attached hydrogen (secondary N) is 1. The van der Waals surface area contributed by atoms with E-state index in [2.05, 4.69) is 46.7 Å². The lowest BCUT2D eigenvalue weighted by Crippen LogP contribution is -2.39. The summed E-state index contributed by atoms with van der Waals surface area (Å²) in [5.41, 5.74) is 2.22. The fourth-order valence-corrected chi connectivity index (χ4v) is 2.98. The molecule has 0 aliphatic heterocycles. The van der Waals surface area contributed by atoms with Gasteiger partial charge in [0.2, 0.25) is 0 Å². The largest absolute Gasteiger partial charge is 0.351 e. The quantitative estimate of drug-likeness (QED) is 0.412. The van der Waals surface area contributed by atoms with Gasteiger partial charge in [0.05, 0.1) is 12.2 Å². The maximum Gasteiger partial charge on any atom is 0.193 e. The summed E-state index contributed by atoms with van der Waals surface area (Å²) in [5, 5.41) is 6.55. The van der Waals surface area contributed by atoms with Gasteiger partial charge in [0, 0.05) is 31.6 Å². The zero-order valence-electron chi connectivity index (χ0n) is 14.0. The molecule has 0 spiro atoms. The van der Waals surface area contributed by atoms with Crippen LogP contribution < -0.4 is 5.32 Å². The summed E-state index contributed by atoms with van der Waals surface area (Å²) in [4.78, 5) is 11.2. The zero-order chi connectivity index (χ0) is 15.8. The van der Waals surface area contributed by atoms with Crippen molar-refractivity contribution in [2.24, 2.45) is 4.99 Å². The standard InChI is InChI=1S/C17H24N4S.HI/c1-4-5-11-21(3)17(18-2)19-12-15-13-22-16(20-15)14-9-7-6-8-10-14;/h6-10,13H,4-5,11-12H2,1-3H3,(H,18,19);1H. The van der Waals surface area contributed by atoms with Gasteiger partial charge >= 0.3 is 0 Å². The molecule has 0 amide bonds. The van der Waals surface area contributed by atoms with Gasteiger partial charge in [-0.1, -0.05) is 43.7 Å². The molecule has 0 radical (unpaired) electrons. The highest BCUT2D eigenvalue weighted by molar-refractivity contribution is 14.0. The highest BCUT2D eigenvalue weighted by Gasteiger charge is 2.07. The van der Waals surface area contributed by atoms with Crippen molar-refractivity contribution in [3.63, 3.8) is 0 Å². The fourth-order valence-electron chi connectivity index (χ4n) is 2.16. The summed E-state index contributed by atoms with van der Waals surface area (Å²) in [6.45, 7) is 3.92. The zero-order valence-corrected chi connectivity index (χ0v) is 17.1. The van der Waals surface area contributed by atoms with Crippen molar-refractivity contribution in [1.82, 2.24) is 15.2 Å². The maximum absolute atomic E-state index is 4.69. The number of aromatic nitrogens is 1. The van der Waals surface area contributed by atoms with Crippen molar-refractivity contribution in [2.75, 3.05) is 20.6 Å². The lowest BCUT2D eigenvalue weighted by Gasteiger charge is -2.21. The average molecular weight is 444 g/mol. The Morgan fingerprint density at radius 1 is 1.30 bits per heavy atom. The first-order valence-electron chi connectivity index (χ1n) is 7.66. The van der Waals surface area contributed by atoms with E-state index in [-0.39, 0.29) is 24.0 Å². The van der Waals surface area contributed by atoms with Crippen LogP contribution in [0.25, 0.3) is 10.6 Å². The van der Waals surface area contributed by atoms with Gasteiger partial charge in [-0.2, -0.15) is 0 Å². The predicted octanol–water partition coefficient (Wildman–Crippen LogP) is 4.24. The van der Waals surface area contributed by atoms with Crippen molar-refractivity contribution in [3.05, 3.63) is 41.4 Å². The van der Waals surface area contributed by atoms with Crippen LogP contribution in [0.4, 0.5) is 0 Å². The molecule has 0 saturated carbocycles. The third kappa shape index (κ3) is 6.10. The van der Waals surface area contributed by atoms with Crippen LogP contribution in [0.2, 0.25) is 0 Å². The molecule has 0 saturated heterocycles. The smallest absolute Gasteiger partial charge is 0.193 e. The highest BCUT2D eigenvalue weighted by atomic mass is 127. The topological polar surface area (TPSA) is 40.5 Å². The predicted molar refractivity (Wildman–Crippen MR) is 111 cm³/mol. The molecule has 1 heterocycles. The van der Waals surface area contributed by atoms with Crippen LogP contribution in [-0.4, -0.2) is 36.5 Å². The number of hydrogen-bond acceptors (Lipinski definition) is 3. The summed E-state index contributed by atoms with van der Waals surface area (Å²) >= 11 is 1.68. The Hall–Kier alpha value is -1.15. The Labute approximate surface area is 160 Å². The normalized spacial score (nSPS) is 11.0. The number of thiazole rings is 1. The molecule has 2 aromatic rings. The number of nitrogens with zero attached hydrogens (tertiary/aromatic N) is 3. The minimum Gasteiger partial charge on any atom is -0.351 e. The van der Waals surface area contributed by atoms with E-state index in [1.54, 1.807) is 11.3 Å². The van der Waals surface area contributed by atoms with Gasteiger partial charge in [-0.25, -0.2) is 4.98 Å². The molecule has 0 aliphatic rings. The van der Waals surface area contributed by atoms with E-state index in [1.807, 2.05) is 25.2 Å². The van der Waals surface area contributed by atoms with Crippen molar-refractivity contribution in [1.29, 1.82) is 0 Å². The number of benzene rings is 1. The van der Waals surface area contributed by atoms with Gasteiger partial charge in [0.25, 0.3) is 0 Å². The van der Waals surface area contributed by atoms with E-state index < -0.39 is 0 Å². The Balaban J connectivity index is 0.00000264. The molecule has 2 rings (SSSR count). The van der Waals surface area contributed by atoms with Gasteiger partial charge in [0.15, 0.2) is 5.96 Å². The average Bonchev–Trinajstić information content (AvgIpc) is 3.03. The van der Waals surface area contributed by atoms with Crippen molar-refractivity contribution in [2.45, 2.75) is 26.3 Å². The second-order valence-electron chi connectivity index (χ2n) is 5.19. The third-order valence-electron chi connectivity index (χ3n) is 3.42. The molecule has 1 aromatic heterocycles. The minimum absolute atomic E-state index is 0. The molecule has 0 unspecified atom stereocenters. The maximum atomic E-state index is 4.69. The van der Waals surface area contributed by atoms with E-state index in [4.69, 9.17) is 4.98 Å². The molecule has 126 valence electrons. The Morgan fingerprint density at radius 3 is 2.70 bits per heavy atom. The van der Waals surface area contributed by atoms with E-state index in [9.17, 15) is 0 Å². The van der Waals surface area contributed by atoms with Crippen molar-refractivity contribution < 1.29 is 0 Å². The molecular weight excluding hydrogens is 419 g/mol. The molecule has 1 aromatic carbocycles. The number of rotatable bonds is 6. The molecule has 4 nitrogen and oxygen atoms in total. The fraction of sp³-hybridized carbons (Fsp3) is 0.412. The second-order valence-corrected chi connectivity index (χ2v) is 6.04. The molecule has 23 heavy (non-hydrogen) atoms. The molecule has 0 bridgehead atoms. The van der Waals surface area contributed by atoms with Gasteiger partial charge < -0.3 is 10.2 Å². The third-order valence-corrected chi connectivity index (χ3v) is 4.36. The van der Waals surface area contributed by atoms with E-state index in [0.717, 1.165) is 23.2 Å². The number of hydrogen-bond donors (Lipinski definition) is 1. The molecule has 0 atom stereocenters. The first-order valence-corrected chi connectivity index (χ1v) is 8.54.